The number of allylic oxidation sites excluding steroid dienone is 3. The van der Waals surface area contributed by atoms with Gasteiger partial charge < -0.3 is 9.30 Å². The second-order valence-corrected chi connectivity index (χ2v) is 6.58. The SMILES string of the molecule is C#CC.C/C=C\C.FC(F)(F)C/C=C/OCc1nccn1Cc1cc(Cl)cc(Cl)c1. The molecule has 3 nitrogen and oxygen atoms in total. The Morgan fingerprint density at radius 1 is 1.17 bits per heavy atom. The van der Waals surface area contributed by atoms with Gasteiger partial charge in [-0.1, -0.05) is 35.4 Å². The molecule has 0 aliphatic carbocycles. The van der Waals surface area contributed by atoms with Crippen LogP contribution in [0.5, 0.6) is 0 Å². The van der Waals surface area contributed by atoms with Crippen LogP contribution in [0.2, 0.25) is 10.0 Å². The van der Waals surface area contributed by atoms with Crippen LogP contribution in [0.25, 0.3) is 0 Å². The van der Waals surface area contributed by atoms with Crippen LogP contribution in [0.4, 0.5) is 13.2 Å². The fourth-order valence-electron chi connectivity index (χ4n) is 1.90. The van der Waals surface area contributed by atoms with Gasteiger partial charge in [0, 0.05) is 29.0 Å². The van der Waals surface area contributed by atoms with E-state index in [4.69, 9.17) is 27.9 Å². The molecule has 0 aliphatic heterocycles. The Labute approximate surface area is 186 Å². The molecule has 0 saturated heterocycles. The fourth-order valence-corrected chi connectivity index (χ4v) is 2.47. The van der Waals surface area contributed by atoms with E-state index in [1.165, 1.54) is 0 Å². The first kappa shape index (κ1) is 27.6. The molecule has 0 fully saturated rings. The molecule has 0 bridgehead atoms. The molecule has 0 aliphatic rings. The second kappa shape index (κ2) is 15.5. The van der Waals surface area contributed by atoms with Gasteiger partial charge in [0.2, 0.25) is 0 Å². The summed E-state index contributed by atoms with van der Waals surface area (Å²) in [7, 11) is 0. The number of benzene rings is 1. The average molecular weight is 461 g/mol. The van der Waals surface area contributed by atoms with Gasteiger partial charge in [-0.3, -0.25) is 0 Å². The predicted molar refractivity (Wildman–Crippen MR) is 117 cm³/mol. The minimum absolute atomic E-state index is 0.0651. The first-order chi connectivity index (χ1) is 14.2. The van der Waals surface area contributed by atoms with Crippen molar-refractivity contribution >= 4 is 23.2 Å². The minimum Gasteiger partial charge on any atom is -0.494 e. The van der Waals surface area contributed by atoms with Crippen molar-refractivity contribution in [2.75, 3.05) is 0 Å². The monoisotopic (exact) mass is 460 g/mol. The molecule has 0 saturated carbocycles. The largest absolute Gasteiger partial charge is 0.494 e. The zero-order chi connectivity index (χ0) is 23.0. The van der Waals surface area contributed by atoms with E-state index in [2.05, 4.69) is 17.3 Å². The van der Waals surface area contributed by atoms with Gasteiger partial charge in [-0.05, 0) is 50.6 Å². The number of aromatic nitrogens is 2. The summed E-state index contributed by atoms with van der Waals surface area (Å²) in [5, 5.41) is 1.06. The summed E-state index contributed by atoms with van der Waals surface area (Å²) in [6.07, 6.45) is 8.62. The van der Waals surface area contributed by atoms with E-state index in [-0.39, 0.29) is 6.61 Å². The molecule has 0 unspecified atom stereocenters. The molecule has 0 spiro atoms. The first-order valence-electron chi connectivity index (χ1n) is 8.89. The van der Waals surface area contributed by atoms with Crippen LogP contribution in [0.3, 0.4) is 0 Å². The van der Waals surface area contributed by atoms with Gasteiger partial charge in [-0.15, -0.1) is 12.3 Å². The highest BCUT2D eigenvalue weighted by Crippen LogP contribution is 2.21. The topological polar surface area (TPSA) is 27.1 Å². The van der Waals surface area contributed by atoms with Crippen molar-refractivity contribution in [3.8, 4) is 12.3 Å². The first-order valence-corrected chi connectivity index (χ1v) is 9.65. The van der Waals surface area contributed by atoms with Crippen molar-refractivity contribution in [2.24, 2.45) is 0 Å². The molecular formula is C22H25Cl2F3N2O. The number of alkyl halides is 3. The predicted octanol–water partition coefficient (Wildman–Crippen LogP) is 7.44. The Bertz CT molecular complexity index is 813. The molecule has 0 radical (unpaired) electrons. The van der Waals surface area contributed by atoms with E-state index in [0.29, 0.717) is 22.4 Å². The van der Waals surface area contributed by atoms with E-state index in [1.807, 2.05) is 26.0 Å². The molecule has 1 aromatic carbocycles. The Hall–Kier alpha value is -2.36. The van der Waals surface area contributed by atoms with E-state index < -0.39 is 12.6 Å². The smallest absolute Gasteiger partial charge is 0.392 e. The number of halogens is 5. The van der Waals surface area contributed by atoms with Gasteiger partial charge >= 0.3 is 6.18 Å². The summed E-state index contributed by atoms with van der Waals surface area (Å²) >= 11 is 11.9. The maximum absolute atomic E-state index is 12.0. The van der Waals surface area contributed by atoms with Crippen LogP contribution in [0.1, 0.15) is 38.6 Å². The number of hydrogen-bond donors (Lipinski definition) is 0. The Kier molecular flexibility index (Phi) is 14.3. The van der Waals surface area contributed by atoms with Crippen LogP contribution >= 0.6 is 23.2 Å². The van der Waals surface area contributed by atoms with Gasteiger partial charge in [0.05, 0.1) is 12.7 Å². The number of ether oxygens (including phenoxy) is 1. The van der Waals surface area contributed by atoms with Crippen molar-refractivity contribution < 1.29 is 17.9 Å². The summed E-state index contributed by atoms with van der Waals surface area (Å²) in [5.74, 6) is 2.83. The van der Waals surface area contributed by atoms with Gasteiger partial charge in [0.15, 0.2) is 0 Å². The number of rotatable bonds is 6. The lowest BCUT2D eigenvalue weighted by molar-refractivity contribution is -0.125. The summed E-state index contributed by atoms with van der Waals surface area (Å²) in [5.41, 5.74) is 0.884. The van der Waals surface area contributed by atoms with Gasteiger partial charge in [-0.25, -0.2) is 4.98 Å². The van der Waals surface area contributed by atoms with Crippen LogP contribution in [-0.2, 0) is 17.9 Å². The zero-order valence-corrected chi connectivity index (χ0v) is 18.6. The number of hydrogen-bond acceptors (Lipinski definition) is 2. The summed E-state index contributed by atoms with van der Waals surface area (Å²) in [6.45, 7) is 6.20. The zero-order valence-electron chi connectivity index (χ0n) is 17.1. The Morgan fingerprint density at radius 3 is 2.23 bits per heavy atom. The quantitative estimate of drug-likeness (QED) is 0.254. The molecule has 2 rings (SSSR count). The Morgan fingerprint density at radius 2 is 1.73 bits per heavy atom. The summed E-state index contributed by atoms with van der Waals surface area (Å²) in [4.78, 5) is 4.12. The highest BCUT2D eigenvalue weighted by atomic mass is 35.5. The summed E-state index contributed by atoms with van der Waals surface area (Å²) in [6, 6.07) is 5.19. The average Bonchev–Trinajstić information content (AvgIpc) is 3.07. The third-order valence-corrected chi connectivity index (χ3v) is 3.60. The standard InChI is InChI=1S/C15H13Cl2F3N2O.C4H8.C3H4/c16-12-6-11(7-13(17)8-12)9-22-4-3-21-14(22)10-23-5-1-2-15(18,19)20;1-3-4-2;1-3-2/h1,3-8H,2,9-10H2;3-4H,1-2H3;1H,2H3/b5-1+;4-3-;. The van der Waals surface area contributed by atoms with Crippen LogP contribution in [0.15, 0.2) is 55.1 Å². The fraction of sp³-hybridized carbons (Fsp3) is 0.318. The van der Waals surface area contributed by atoms with Gasteiger partial charge in [-0.2, -0.15) is 13.2 Å². The number of terminal acetylenes is 1. The van der Waals surface area contributed by atoms with E-state index in [9.17, 15) is 13.2 Å². The van der Waals surface area contributed by atoms with Crippen LogP contribution in [-0.4, -0.2) is 15.7 Å². The van der Waals surface area contributed by atoms with Crippen molar-refractivity contribution in [3.63, 3.8) is 0 Å². The maximum atomic E-state index is 12.0. The van der Waals surface area contributed by atoms with Crippen molar-refractivity contribution in [1.29, 1.82) is 0 Å². The third-order valence-electron chi connectivity index (χ3n) is 3.16. The number of imidazole rings is 1. The highest BCUT2D eigenvalue weighted by molar-refractivity contribution is 6.34. The van der Waals surface area contributed by atoms with Crippen molar-refractivity contribution in [1.82, 2.24) is 9.55 Å². The molecule has 2 aromatic rings. The third kappa shape index (κ3) is 13.8. The van der Waals surface area contributed by atoms with Crippen molar-refractivity contribution in [2.45, 2.75) is 46.5 Å². The molecule has 164 valence electrons. The van der Waals surface area contributed by atoms with Crippen molar-refractivity contribution in [3.05, 3.63) is 76.5 Å². The lowest BCUT2D eigenvalue weighted by atomic mass is 10.2. The number of nitrogens with zero attached hydrogens (tertiary/aromatic N) is 2. The van der Waals surface area contributed by atoms with Gasteiger partial charge in [0.25, 0.3) is 0 Å². The molecular weight excluding hydrogens is 436 g/mol. The molecule has 1 aromatic heterocycles. The normalized spacial score (nSPS) is 10.8. The maximum Gasteiger partial charge on any atom is 0.392 e. The highest BCUT2D eigenvalue weighted by Gasteiger charge is 2.24. The van der Waals surface area contributed by atoms with Gasteiger partial charge in [0.1, 0.15) is 12.4 Å². The minimum atomic E-state index is -4.23. The van der Waals surface area contributed by atoms with Crippen LogP contribution < -0.4 is 0 Å². The second-order valence-electron chi connectivity index (χ2n) is 5.71. The Balaban J connectivity index is 0.00000105. The molecule has 1 heterocycles. The lowest BCUT2D eigenvalue weighted by Gasteiger charge is -2.09. The van der Waals surface area contributed by atoms with E-state index in [0.717, 1.165) is 17.9 Å². The molecule has 0 N–H and O–H groups in total. The molecule has 30 heavy (non-hydrogen) atoms. The lowest BCUT2D eigenvalue weighted by Crippen LogP contribution is -2.06. The molecule has 0 atom stereocenters. The van der Waals surface area contributed by atoms with E-state index >= 15 is 0 Å². The molecule has 0 amide bonds. The summed E-state index contributed by atoms with van der Waals surface area (Å²) < 4.78 is 42.8. The van der Waals surface area contributed by atoms with Crippen LogP contribution in [0, 0.1) is 12.3 Å². The molecule has 8 heteroatoms. The van der Waals surface area contributed by atoms with E-state index in [1.54, 1.807) is 42.1 Å².